The molecule has 1 amide bonds. The number of ether oxygens (including phenoxy) is 1. The van der Waals surface area contributed by atoms with Crippen LogP contribution in [-0.2, 0) is 11.2 Å². The molecule has 1 aliphatic heterocycles. The highest BCUT2D eigenvalue weighted by molar-refractivity contribution is 5.96. The van der Waals surface area contributed by atoms with Gasteiger partial charge in [0.25, 0.3) is 0 Å². The molecule has 0 aromatic heterocycles. The number of fused-ring (bicyclic) bond motifs is 1. The second-order valence-corrected chi connectivity index (χ2v) is 6.79. The van der Waals surface area contributed by atoms with Crippen LogP contribution in [0.3, 0.4) is 0 Å². The lowest BCUT2D eigenvalue weighted by atomic mass is 9.85. The molecule has 2 rings (SSSR count). The fourth-order valence-corrected chi connectivity index (χ4v) is 2.63. The molecule has 0 spiro atoms. The van der Waals surface area contributed by atoms with E-state index in [1.165, 1.54) is 5.56 Å². The Hall–Kier alpha value is -1.55. The number of hydrogen-bond acceptors (Lipinski definition) is 3. The molecule has 0 radical (unpaired) electrons. The van der Waals surface area contributed by atoms with E-state index in [1.54, 1.807) is 7.11 Å². The summed E-state index contributed by atoms with van der Waals surface area (Å²) in [6.07, 6.45) is 2.33. The Morgan fingerprint density at radius 3 is 2.76 bits per heavy atom. The molecule has 2 N–H and O–H groups in total. The summed E-state index contributed by atoms with van der Waals surface area (Å²) in [5.41, 5.74) is 8.20. The third-order valence-corrected chi connectivity index (χ3v) is 4.21. The summed E-state index contributed by atoms with van der Waals surface area (Å²) in [5.74, 6) is 0.854. The number of benzene rings is 1. The Labute approximate surface area is 127 Å². The van der Waals surface area contributed by atoms with Gasteiger partial charge in [-0.2, -0.15) is 0 Å². The van der Waals surface area contributed by atoms with Gasteiger partial charge in [0.1, 0.15) is 5.75 Å². The van der Waals surface area contributed by atoms with Crippen LogP contribution in [0.1, 0.15) is 39.2 Å². The van der Waals surface area contributed by atoms with Gasteiger partial charge in [0.2, 0.25) is 5.91 Å². The van der Waals surface area contributed by atoms with Crippen molar-refractivity contribution in [3.05, 3.63) is 23.8 Å². The molecule has 21 heavy (non-hydrogen) atoms. The zero-order valence-corrected chi connectivity index (χ0v) is 13.5. The first-order chi connectivity index (χ1) is 9.84. The van der Waals surface area contributed by atoms with Gasteiger partial charge in [0.05, 0.1) is 12.8 Å². The number of para-hydroxylation sites is 1. The monoisotopic (exact) mass is 290 g/mol. The van der Waals surface area contributed by atoms with E-state index in [9.17, 15) is 4.79 Å². The van der Waals surface area contributed by atoms with E-state index in [0.29, 0.717) is 6.42 Å². The lowest BCUT2D eigenvalue weighted by Crippen LogP contribution is -2.43. The minimum atomic E-state index is -0.148. The highest BCUT2D eigenvalue weighted by Gasteiger charge is 2.30. The molecule has 0 bridgehead atoms. The first-order valence-electron chi connectivity index (χ1n) is 7.56. The number of carbonyl (C=O) groups excluding carboxylic acids is 1. The van der Waals surface area contributed by atoms with Gasteiger partial charge in [-0.3, -0.25) is 4.79 Å². The summed E-state index contributed by atoms with van der Waals surface area (Å²) in [7, 11) is 1.65. The summed E-state index contributed by atoms with van der Waals surface area (Å²) < 4.78 is 5.44. The highest BCUT2D eigenvalue weighted by atomic mass is 16.5. The minimum absolute atomic E-state index is 0.0744. The van der Waals surface area contributed by atoms with Crippen LogP contribution in [0.4, 0.5) is 5.69 Å². The summed E-state index contributed by atoms with van der Waals surface area (Å²) in [6, 6.07) is 5.81. The molecule has 1 aliphatic rings. The van der Waals surface area contributed by atoms with Crippen molar-refractivity contribution in [1.29, 1.82) is 0 Å². The average Bonchev–Trinajstić information content (AvgIpc) is 2.44. The van der Waals surface area contributed by atoms with Crippen molar-refractivity contribution < 1.29 is 9.53 Å². The summed E-state index contributed by atoms with van der Waals surface area (Å²) in [6.45, 7) is 6.93. The number of aryl methyl sites for hydroxylation is 1. The smallest absolute Gasteiger partial charge is 0.228 e. The molecule has 0 saturated heterocycles. The number of carbonyl (C=O) groups is 1. The minimum Gasteiger partial charge on any atom is -0.495 e. The van der Waals surface area contributed by atoms with E-state index in [1.807, 2.05) is 17.0 Å². The largest absolute Gasteiger partial charge is 0.495 e. The lowest BCUT2D eigenvalue weighted by molar-refractivity contribution is -0.119. The first-order valence-corrected chi connectivity index (χ1v) is 7.56. The van der Waals surface area contributed by atoms with E-state index in [0.717, 1.165) is 30.8 Å². The van der Waals surface area contributed by atoms with Crippen LogP contribution in [0, 0.1) is 5.41 Å². The van der Waals surface area contributed by atoms with Gasteiger partial charge in [0, 0.05) is 19.0 Å². The van der Waals surface area contributed by atoms with Gasteiger partial charge in [-0.15, -0.1) is 0 Å². The van der Waals surface area contributed by atoms with E-state index < -0.39 is 0 Å². The molecule has 0 fully saturated rings. The molecule has 0 aliphatic carbocycles. The Morgan fingerprint density at radius 1 is 1.43 bits per heavy atom. The summed E-state index contributed by atoms with van der Waals surface area (Å²) in [4.78, 5) is 14.5. The quantitative estimate of drug-likeness (QED) is 0.931. The number of amides is 1. The normalized spacial score (nSPS) is 16.3. The van der Waals surface area contributed by atoms with Crippen LogP contribution < -0.4 is 15.4 Å². The van der Waals surface area contributed by atoms with Crippen LogP contribution in [0.15, 0.2) is 18.2 Å². The van der Waals surface area contributed by atoms with Crippen molar-refractivity contribution in [2.45, 2.75) is 46.1 Å². The fourth-order valence-electron chi connectivity index (χ4n) is 2.63. The summed E-state index contributed by atoms with van der Waals surface area (Å²) in [5, 5.41) is 0. The molecule has 1 atom stereocenters. The molecular formula is C17H26N2O2. The number of nitrogens with zero attached hydrogens (tertiary/aromatic N) is 1. The van der Waals surface area contributed by atoms with E-state index in [2.05, 4.69) is 26.8 Å². The Kier molecular flexibility index (Phi) is 4.57. The van der Waals surface area contributed by atoms with E-state index in [-0.39, 0.29) is 17.4 Å². The maximum absolute atomic E-state index is 12.7. The lowest BCUT2D eigenvalue weighted by Gasteiger charge is -2.33. The Morgan fingerprint density at radius 2 is 2.14 bits per heavy atom. The van der Waals surface area contributed by atoms with Crippen molar-refractivity contribution in [2.24, 2.45) is 11.1 Å². The number of nitrogens with two attached hydrogens (primary N) is 1. The molecule has 116 valence electrons. The molecule has 1 heterocycles. The van der Waals surface area contributed by atoms with E-state index >= 15 is 0 Å². The Balaban J connectivity index is 2.25. The first kappa shape index (κ1) is 15.8. The fraction of sp³-hybridized carbons (Fsp3) is 0.588. The van der Waals surface area contributed by atoms with Crippen LogP contribution in [0.25, 0.3) is 0 Å². The van der Waals surface area contributed by atoms with Gasteiger partial charge in [0.15, 0.2) is 0 Å². The molecule has 4 heteroatoms. The van der Waals surface area contributed by atoms with Gasteiger partial charge >= 0.3 is 0 Å². The maximum atomic E-state index is 12.7. The maximum Gasteiger partial charge on any atom is 0.228 e. The SMILES string of the molecule is COc1cccc2c1N(C(=O)CC(N)C(C)(C)C)CCC2. The molecule has 4 nitrogen and oxygen atoms in total. The van der Waals surface area contributed by atoms with Gasteiger partial charge in [-0.25, -0.2) is 0 Å². The second-order valence-electron chi connectivity index (χ2n) is 6.79. The number of methoxy groups -OCH3 is 1. The summed E-state index contributed by atoms with van der Waals surface area (Å²) >= 11 is 0. The van der Waals surface area contributed by atoms with Gasteiger partial charge in [-0.05, 0) is 29.9 Å². The number of hydrogen-bond donors (Lipinski definition) is 1. The zero-order valence-electron chi connectivity index (χ0n) is 13.5. The van der Waals surface area contributed by atoms with Crippen molar-refractivity contribution in [3.8, 4) is 5.75 Å². The molecule has 0 saturated carbocycles. The average molecular weight is 290 g/mol. The second kappa shape index (κ2) is 6.06. The van der Waals surface area contributed by atoms with Crippen molar-refractivity contribution >= 4 is 11.6 Å². The predicted octanol–water partition coefficient (Wildman–Crippen LogP) is 2.74. The molecule has 1 aromatic rings. The van der Waals surface area contributed by atoms with Crippen molar-refractivity contribution in [2.75, 3.05) is 18.6 Å². The van der Waals surface area contributed by atoms with Crippen LogP contribution in [0.5, 0.6) is 5.75 Å². The number of rotatable bonds is 3. The predicted molar refractivity (Wildman–Crippen MR) is 85.7 cm³/mol. The third kappa shape index (κ3) is 3.38. The van der Waals surface area contributed by atoms with Crippen LogP contribution in [-0.4, -0.2) is 25.6 Å². The van der Waals surface area contributed by atoms with Gasteiger partial charge in [-0.1, -0.05) is 32.9 Å². The molecule has 1 aromatic carbocycles. The van der Waals surface area contributed by atoms with E-state index in [4.69, 9.17) is 10.5 Å². The van der Waals surface area contributed by atoms with Crippen LogP contribution in [0.2, 0.25) is 0 Å². The topological polar surface area (TPSA) is 55.6 Å². The standard InChI is InChI=1S/C17H26N2O2/c1-17(2,3)14(18)11-15(20)19-10-6-8-12-7-5-9-13(21-4)16(12)19/h5,7,9,14H,6,8,10-11,18H2,1-4H3. The van der Waals surface area contributed by atoms with Crippen LogP contribution >= 0.6 is 0 Å². The molecule has 1 unspecified atom stereocenters. The molecular weight excluding hydrogens is 264 g/mol. The van der Waals surface area contributed by atoms with Crippen molar-refractivity contribution in [3.63, 3.8) is 0 Å². The Bertz CT molecular complexity index is 506. The van der Waals surface area contributed by atoms with Gasteiger partial charge < -0.3 is 15.4 Å². The zero-order chi connectivity index (χ0) is 15.6. The third-order valence-electron chi connectivity index (χ3n) is 4.21. The highest BCUT2D eigenvalue weighted by Crippen LogP contribution is 2.36. The number of anilines is 1. The van der Waals surface area contributed by atoms with Crippen molar-refractivity contribution in [1.82, 2.24) is 0 Å².